The monoisotopic (exact) mass is 258 g/mol. The number of aryl methyl sites for hydroxylation is 1. The zero-order valence-electron chi connectivity index (χ0n) is 11.0. The minimum absolute atomic E-state index is 0.481. The van der Waals surface area contributed by atoms with Crippen LogP contribution in [0.2, 0.25) is 0 Å². The number of hydrogen-bond acceptors (Lipinski definition) is 5. The highest BCUT2D eigenvalue weighted by molar-refractivity contribution is 5.27. The summed E-state index contributed by atoms with van der Waals surface area (Å²) in [5, 5.41) is 14.5. The topological polar surface area (TPSA) is 63.0 Å². The van der Waals surface area contributed by atoms with Gasteiger partial charge in [-0.15, -0.1) is 5.10 Å². The maximum atomic E-state index is 5.52. The minimum Gasteiger partial charge on any atom is -0.407 e. The highest BCUT2D eigenvalue weighted by Crippen LogP contribution is 2.19. The fraction of sp³-hybridized carbons (Fsp3) is 0.429. The van der Waals surface area contributed by atoms with Crippen LogP contribution in [-0.2, 0) is 13.1 Å². The van der Waals surface area contributed by atoms with Crippen LogP contribution in [0.3, 0.4) is 0 Å². The van der Waals surface area contributed by atoms with E-state index in [0.29, 0.717) is 31.0 Å². The standard InChI is InChI=1S/C14H18N4O/c1-10-3-2-4-11(7-10)8-16-14-18-17-13(19-14)9-15-12-5-6-12/h2-4,7,12,15H,5-6,8-9H2,1H3,(H,16,18). The van der Waals surface area contributed by atoms with Crippen LogP contribution in [0.15, 0.2) is 28.7 Å². The van der Waals surface area contributed by atoms with E-state index in [-0.39, 0.29) is 0 Å². The van der Waals surface area contributed by atoms with E-state index in [1.807, 2.05) is 6.07 Å². The predicted molar refractivity (Wildman–Crippen MR) is 72.7 cm³/mol. The number of aromatic nitrogens is 2. The summed E-state index contributed by atoms with van der Waals surface area (Å²) in [6, 6.07) is 9.47. The summed E-state index contributed by atoms with van der Waals surface area (Å²) in [5.74, 6) is 0.638. The van der Waals surface area contributed by atoms with Crippen LogP contribution in [0.25, 0.3) is 0 Å². The predicted octanol–water partition coefficient (Wildman–Crippen LogP) is 2.24. The van der Waals surface area contributed by atoms with Gasteiger partial charge in [-0.1, -0.05) is 34.9 Å². The molecule has 1 saturated carbocycles. The van der Waals surface area contributed by atoms with Gasteiger partial charge in [0.05, 0.1) is 6.54 Å². The lowest BCUT2D eigenvalue weighted by Gasteiger charge is -2.02. The van der Waals surface area contributed by atoms with Crippen LogP contribution in [0, 0.1) is 6.92 Å². The molecule has 1 fully saturated rings. The molecule has 3 rings (SSSR count). The molecule has 5 nitrogen and oxygen atoms in total. The first kappa shape index (κ1) is 12.2. The summed E-state index contributed by atoms with van der Waals surface area (Å²) < 4.78 is 5.52. The number of rotatable bonds is 6. The Hall–Kier alpha value is -1.88. The molecule has 0 saturated heterocycles. The number of hydrogen-bond donors (Lipinski definition) is 2. The molecule has 0 bridgehead atoms. The highest BCUT2D eigenvalue weighted by Gasteiger charge is 2.21. The lowest BCUT2D eigenvalue weighted by atomic mass is 10.1. The maximum Gasteiger partial charge on any atom is 0.315 e. The van der Waals surface area contributed by atoms with Gasteiger partial charge in [-0.2, -0.15) is 0 Å². The number of nitrogens with zero attached hydrogens (tertiary/aromatic N) is 2. The number of benzene rings is 1. The molecule has 0 amide bonds. The molecule has 1 aromatic heterocycles. The average Bonchev–Trinajstić information content (AvgIpc) is 3.13. The molecule has 0 aliphatic heterocycles. The zero-order chi connectivity index (χ0) is 13.1. The fourth-order valence-corrected chi connectivity index (χ4v) is 1.92. The molecular formula is C14H18N4O. The Morgan fingerprint density at radius 1 is 1.26 bits per heavy atom. The smallest absolute Gasteiger partial charge is 0.315 e. The van der Waals surface area contributed by atoms with E-state index in [1.54, 1.807) is 0 Å². The second-order valence-electron chi connectivity index (χ2n) is 5.00. The molecule has 0 spiro atoms. The summed E-state index contributed by atoms with van der Waals surface area (Å²) in [4.78, 5) is 0. The van der Waals surface area contributed by atoms with Gasteiger partial charge in [0, 0.05) is 12.6 Å². The third-order valence-corrected chi connectivity index (χ3v) is 3.11. The van der Waals surface area contributed by atoms with Gasteiger partial charge in [-0.05, 0) is 25.3 Å². The van der Waals surface area contributed by atoms with E-state index in [2.05, 4.69) is 46.0 Å². The molecule has 2 N–H and O–H groups in total. The first-order valence-electron chi connectivity index (χ1n) is 6.65. The Balaban J connectivity index is 1.51. The second-order valence-corrected chi connectivity index (χ2v) is 5.00. The van der Waals surface area contributed by atoms with E-state index in [0.717, 1.165) is 0 Å². The lowest BCUT2D eigenvalue weighted by molar-refractivity contribution is 0.475. The van der Waals surface area contributed by atoms with Crippen LogP contribution in [-0.4, -0.2) is 16.2 Å². The quantitative estimate of drug-likeness (QED) is 0.832. The molecular weight excluding hydrogens is 240 g/mol. The van der Waals surface area contributed by atoms with Crippen molar-refractivity contribution in [1.82, 2.24) is 15.5 Å². The maximum absolute atomic E-state index is 5.52. The first-order valence-corrected chi connectivity index (χ1v) is 6.65. The molecule has 5 heteroatoms. The largest absolute Gasteiger partial charge is 0.407 e. The van der Waals surface area contributed by atoms with Crippen molar-refractivity contribution >= 4 is 6.01 Å². The van der Waals surface area contributed by atoms with Crippen molar-refractivity contribution in [3.05, 3.63) is 41.3 Å². The lowest BCUT2D eigenvalue weighted by Crippen LogP contribution is -2.15. The van der Waals surface area contributed by atoms with E-state index in [1.165, 1.54) is 24.0 Å². The summed E-state index contributed by atoms with van der Waals surface area (Å²) in [7, 11) is 0. The van der Waals surface area contributed by atoms with Crippen molar-refractivity contribution in [3.63, 3.8) is 0 Å². The van der Waals surface area contributed by atoms with Crippen LogP contribution < -0.4 is 10.6 Å². The normalized spacial score (nSPS) is 14.6. The highest BCUT2D eigenvalue weighted by atomic mass is 16.4. The molecule has 1 heterocycles. The first-order chi connectivity index (χ1) is 9.29. The van der Waals surface area contributed by atoms with Gasteiger partial charge < -0.3 is 15.1 Å². The van der Waals surface area contributed by atoms with Gasteiger partial charge in [-0.25, -0.2) is 0 Å². The van der Waals surface area contributed by atoms with Gasteiger partial charge in [0.15, 0.2) is 0 Å². The molecule has 100 valence electrons. The van der Waals surface area contributed by atoms with Crippen LogP contribution in [0.1, 0.15) is 29.9 Å². The number of nitrogens with one attached hydrogen (secondary N) is 2. The van der Waals surface area contributed by atoms with Gasteiger partial charge in [0.1, 0.15) is 0 Å². The third kappa shape index (κ3) is 3.54. The molecule has 2 aromatic rings. The summed E-state index contributed by atoms with van der Waals surface area (Å²) in [6.45, 7) is 3.43. The summed E-state index contributed by atoms with van der Waals surface area (Å²) in [6.07, 6.45) is 2.51. The Morgan fingerprint density at radius 2 is 2.16 bits per heavy atom. The van der Waals surface area contributed by atoms with Crippen molar-refractivity contribution in [1.29, 1.82) is 0 Å². The van der Waals surface area contributed by atoms with Gasteiger partial charge in [0.25, 0.3) is 0 Å². The van der Waals surface area contributed by atoms with Crippen LogP contribution in [0.4, 0.5) is 6.01 Å². The average molecular weight is 258 g/mol. The fourth-order valence-electron chi connectivity index (χ4n) is 1.92. The second kappa shape index (κ2) is 5.40. The van der Waals surface area contributed by atoms with Crippen molar-refractivity contribution in [3.8, 4) is 0 Å². The molecule has 0 unspecified atom stereocenters. The minimum atomic E-state index is 0.481. The van der Waals surface area contributed by atoms with Crippen LogP contribution >= 0.6 is 0 Å². The SMILES string of the molecule is Cc1cccc(CNc2nnc(CNC3CC3)o2)c1. The van der Waals surface area contributed by atoms with E-state index in [9.17, 15) is 0 Å². The van der Waals surface area contributed by atoms with Crippen molar-refractivity contribution in [2.45, 2.75) is 38.9 Å². The van der Waals surface area contributed by atoms with E-state index < -0.39 is 0 Å². The van der Waals surface area contributed by atoms with Crippen molar-refractivity contribution in [2.75, 3.05) is 5.32 Å². The summed E-state index contributed by atoms with van der Waals surface area (Å²) >= 11 is 0. The Bertz CT molecular complexity index is 548. The molecule has 1 aliphatic rings. The van der Waals surface area contributed by atoms with Gasteiger partial charge >= 0.3 is 6.01 Å². The Kier molecular flexibility index (Phi) is 3.46. The van der Waals surface area contributed by atoms with E-state index >= 15 is 0 Å². The van der Waals surface area contributed by atoms with Gasteiger partial charge in [0.2, 0.25) is 5.89 Å². The molecule has 1 aliphatic carbocycles. The number of anilines is 1. The van der Waals surface area contributed by atoms with Gasteiger partial charge in [-0.3, -0.25) is 0 Å². The molecule has 0 atom stereocenters. The summed E-state index contributed by atoms with van der Waals surface area (Å²) in [5.41, 5.74) is 2.45. The molecule has 19 heavy (non-hydrogen) atoms. The van der Waals surface area contributed by atoms with Crippen LogP contribution in [0.5, 0.6) is 0 Å². The van der Waals surface area contributed by atoms with E-state index in [4.69, 9.17) is 4.42 Å². The third-order valence-electron chi connectivity index (χ3n) is 3.11. The van der Waals surface area contributed by atoms with Crippen molar-refractivity contribution in [2.24, 2.45) is 0 Å². The van der Waals surface area contributed by atoms with Crippen molar-refractivity contribution < 1.29 is 4.42 Å². The Labute approximate surface area is 112 Å². The molecule has 1 aromatic carbocycles. The zero-order valence-corrected chi connectivity index (χ0v) is 11.0. The molecule has 0 radical (unpaired) electrons. The Morgan fingerprint density at radius 3 is 2.95 bits per heavy atom.